The van der Waals surface area contributed by atoms with Crippen molar-refractivity contribution in [1.82, 2.24) is 4.90 Å². The fourth-order valence-corrected chi connectivity index (χ4v) is 2.12. The van der Waals surface area contributed by atoms with Gasteiger partial charge < -0.3 is 4.90 Å². The maximum absolute atomic E-state index is 4.50. The topological polar surface area (TPSA) is 15.6 Å². The highest BCUT2D eigenvalue weighted by atomic mass is 15.2. The Morgan fingerprint density at radius 2 is 1.71 bits per heavy atom. The fraction of sp³-hybridized carbons (Fsp3) is 0.533. The fourth-order valence-electron chi connectivity index (χ4n) is 2.12. The van der Waals surface area contributed by atoms with Gasteiger partial charge in [0.2, 0.25) is 0 Å². The summed E-state index contributed by atoms with van der Waals surface area (Å²) in [7, 11) is 1.89. The molecule has 1 rings (SSSR count). The minimum Gasteiger partial charge on any atom is -0.356 e. The van der Waals surface area contributed by atoms with E-state index in [4.69, 9.17) is 0 Å². The predicted molar refractivity (Wildman–Crippen MR) is 75.8 cm³/mol. The Morgan fingerprint density at radius 3 is 2.18 bits per heavy atom. The quantitative estimate of drug-likeness (QED) is 0.560. The normalized spacial score (nSPS) is 11.6. The van der Waals surface area contributed by atoms with E-state index in [1.165, 1.54) is 11.1 Å². The minimum atomic E-state index is 1.08. The molecule has 0 aromatic heterocycles. The Labute approximate surface area is 105 Å². The average Bonchev–Trinajstić information content (AvgIpc) is 2.33. The first-order valence-electron chi connectivity index (χ1n) is 6.52. The predicted octanol–water partition coefficient (Wildman–Crippen LogP) is 3.49. The Balaban J connectivity index is 3.01. The van der Waals surface area contributed by atoms with Crippen LogP contribution in [0.2, 0.25) is 0 Å². The van der Waals surface area contributed by atoms with Crippen molar-refractivity contribution in [3.63, 3.8) is 0 Å². The molecule has 1 aromatic rings. The van der Waals surface area contributed by atoms with Crippen LogP contribution in [0.3, 0.4) is 0 Å². The van der Waals surface area contributed by atoms with Gasteiger partial charge in [0, 0.05) is 25.7 Å². The van der Waals surface area contributed by atoms with Crippen LogP contribution in [0.5, 0.6) is 0 Å². The summed E-state index contributed by atoms with van der Waals surface area (Å²) in [6.07, 6.45) is 2.32. The van der Waals surface area contributed by atoms with Gasteiger partial charge in [-0.15, -0.1) is 0 Å². The third-order valence-corrected chi connectivity index (χ3v) is 2.88. The summed E-state index contributed by atoms with van der Waals surface area (Å²) in [6, 6.07) is 8.48. The molecule has 0 aliphatic carbocycles. The second-order valence-corrected chi connectivity index (χ2v) is 4.35. The molecule has 94 valence electrons. The number of benzene rings is 1. The van der Waals surface area contributed by atoms with Crippen molar-refractivity contribution < 1.29 is 0 Å². The van der Waals surface area contributed by atoms with E-state index in [2.05, 4.69) is 54.9 Å². The first-order chi connectivity index (χ1) is 8.24. The molecule has 1 aromatic carbocycles. The van der Waals surface area contributed by atoms with Crippen molar-refractivity contribution in [3.8, 4) is 0 Å². The minimum absolute atomic E-state index is 1.08. The van der Waals surface area contributed by atoms with E-state index in [9.17, 15) is 0 Å². The second kappa shape index (κ2) is 7.10. The monoisotopic (exact) mass is 232 g/mol. The molecule has 0 radical (unpaired) electrons. The molecule has 0 fully saturated rings. The van der Waals surface area contributed by atoms with Crippen molar-refractivity contribution in [2.75, 3.05) is 20.1 Å². The highest BCUT2D eigenvalue weighted by Crippen LogP contribution is 2.12. The largest absolute Gasteiger partial charge is 0.356 e. The Kier molecular flexibility index (Phi) is 5.75. The summed E-state index contributed by atoms with van der Waals surface area (Å²) in [6.45, 7) is 8.74. The van der Waals surface area contributed by atoms with Gasteiger partial charge in [-0.25, -0.2) is 0 Å². The molecule has 0 heterocycles. The van der Waals surface area contributed by atoms with Gasteiger partial charge in [0.1, 0.15) is 5.84 Å². The highest BCUT2D eigenvalue weighted by molar-refractivity contribution is 5.99. The Bertz CT molecular complexity index is 363. The molecule has 0 saturated heterocycles. The molecule has 0 spiro atoms. The van der Waals surface area contributed by atoms with E-state index >= 15 is 0 Å². The van der Waals surface area contributed by atoms with Crippen molar-refractivity contribution in [2.45, 2.75) is 33.6 Å². The van der Waals surface area contributed by atoms with Crippen molar-refractivity contribution in [3.05, 3.63) is 35.4 Å². The van der Waals surface area contributed by atoms with Crippen molar-refractivity contribution >= 4 is 5.84 Å². The van der Waals surface area contributed by atoms with Gasteiger partial charge >= 0.3 is 0 Å². The zero-order valence-electron chi connectivity index (χ0n) is 11.5. The summed E-state index contributed by atoms with van der Waals surface area (Å²) in [4.78, 5) is 6.89. The van der Waals surface area contributed by atoms with Crippen LogP contribution in [0.15, 0.2) is 29.3 Å². The maximum Gasteiger partial charge on any atom is 0.130 e. The summed E-state index contributed by atoms with van der Waals surface area (Å²) in [5, 5.41) is 0. The summed E-state index contributed by atoms with van der Waals surface area (Å²) in [5.41, 5.74) is 2.56. The SMILES string of the molecule is CCCN(CCC)C(=NC)c1ccccc1C. The molecule has 0 saturated carbocycles. The average molecular weight is 232 g/mol. The van der Waals surface area contributed by atoms with Crippen molar-refractivity contribution in [2.24, 2.45) is 4.99 Å². The van der Waals surface area contributed by atoms with Crippen molar-refractivity contribution in [1.29, 1.82) is 0 Å². The summed E-state index contributed by atoms with van der Waals surface area (Å²) >= 11 is 0. The molecular weight excluding hydrogens is 208 g/mol. The number of amidine groups is 1. The first-order valence-corrected chi connectivity index (χ1v) is 6.52. The van der Waals surface area contributed by atoms with Crippen LogP contribution < -0.4 is 0 Å². The van der Waals surface area contributed by atoms with E-state index in [0.717, 1.165) is 31.8 Å². The van der Waals surface area contributed by atoms with Gasteiger partial charge in [-0.05, 0) is 25.3 Å². The summed E-state index contributed by atoms with van der Waals surface area (Å²) in [5.74, 6) is 1.13. The Morgan fingerprint density at radius 1 is 1.12 bits per heavy atom. The Hall–Kier alpha value is -1.31. The van der Waals surface area contributed by atoms with E-state index in [0.29, 0.717) is 0 Å². The number of hydrogen-bond acceptors (Lipinski definition) is 1. The third-order valence-electron chi connectivity index (χ3n) is 2.88. The van der Waals surface area contributed by atoms with Crippen LogP contribution >= 0.6 is 0 Å². The van der Waals surface area contributed by atoms with Gasteiger partial charge in [-0.2, -0.15) is 0 Å². The second-order valence-electron chi connectivity index (χ2n) is 4.35. The van der Waals surface area contributed by atoms with Crippen LogP contribution in [-0.2, 0) is 0 Å². The number of rotatable bonds is 5. The molecule has 0 unspecified atom stereocenters. The van der Waals surface area contributed by atoms with Gasteiger partial charge in [0.05, 0.1) is 0 Å². The van der Waals surface area contributed by atoms with Crippen LogP contribution in [0.25, 0.3) is 0 Å². The highest BCUT2D eigenvalue weighted by Gasteiger charge is 2.12. The zero-order valence-corrected chi connectivity index (χ0v) is 11.5. The lowest BCUT2D eigenvalue weighted by molar-refractivity contribution is 0.417. The number of aryl methyl sites for hydroxylation is 1. The number of aliphatic imine (C=N–C) groups is 1. The van der Waals surface area contributed by atoms with E-state index in [1.54, 1.807) is 0 Å². The summed E-state index contributed by atoms with van der Waals surface area (Å²) < 4.78 is 0. The third kappa shape index (κ3) is 3.58. The van der Waals surface area contributed by atoms with Crippen LogP contribution in [0.4, 0.5) is 0 Å². The van der Waals surface area contributed by atoms with Crippen LogP contribution in [0.1, 0.15) is 37.8 Å². The van der Waals surface area contributed by atoms with Crippen LogP contribution in [0, 0.1) is 6.92 Å². The smallest absolute Gasteiger partial charge is 0.130 e. The number of hydrogen-bond donors (Lipinski definition) is 0. The molecule has 0 atom stereocenters. The van der Waals surface area contributed by atoms with E-state index in [1.807, 2.05) is 7.05 Å². The first kappa shape index (κ1) is 13.8. The number of nitrogens with zero attached hydrogens (tertiary/aromatic N) is 2. The van der Waals surface area contributed by atoms with Gasteiger partial charge in [0.25, 0.3) is 0 Å². The van der Waals surface area contributed by atoms with Gasteiger partial charge in [-0.1, -0.05) is 38.1 Å². The van der Waals surface area contributed by atoms with Crippen LogP contribution in [-0.4, -0.2) is 30.9 Å². The molecule has 0 amide bonds. The standard InChI is InChI=1S/C15H24N2/c1-5-11-17(12-6-2)15(16-4)14-10-8-7-9-13(14)3/h7-10H,5-6,11-12H2,1-4H3. The molecule has 0 aliphatic heterocycles. The lowest BCUT2D eigenvalue weighted by atomic mass is 10.1. The lowest BCUT2D eigenvalue weighted by Gasteiger charge is -2.26. The van der Waals surface area contributed by atoms with E-state index in [-0.39, 0.29) is 0 Å². The molecule has 0 N–H and O–H groups in total. The maximum atomic E-state index is 4.50. The molecule has 17 heavy (non-hydrogen) atoms. The van der Waals surface area contributed by atoms with Gasteiger partial charge in [0.15, 0.2) is 0 Å². The van der Waals surface area contributed by atoms with E-state index < -0.39 is 0 Å². The molecule has 0 bridgehead atoms. The van der Waals surface area contributed by atoms with Gasteiger partial charge in [-0.3, -0.25) is 4.99 Å². The molecule has 2 nitrogen and oxygen atoms in total. The zero-order chi connectivity index (χ0) is 12.7. The molecular formula is C15H24N2. The molecule has 0 aliphatic rings. The lowest BCUT2D eigenvalue weighted by Crippen LogP contribution is -2.33. The molecule has 2 heteroatoms.